The Kier molecular flexibility index (Phi) is 4.36. The lowest BCUT2D eigenvalue weighted by atomic mass is 9.97. The Morgan fingerprint density at radius 2 is 1.94 bits per heavy atom. The summed E-state index contributed by atoms with van der Waals surface area (Å²) in [7, 11) is 3.29. The minimum atomic E-state index is -0.0797. The van der Waals surface area contributed by atoms with Crippen molar-refractivity contribution in [3.8, 4) is 11.5 Å². The van der Waals surface area contributed by atoms with E-state index >= 15 is 0 Å². The third-order valence-corrected chi connectivity index (χ3v) is 3.49. The molecule has 0 saturated heterocycles. The zero-order valence-corrected chi connectivity index (χ0v) is 11.8. The number of hydrogen-bond acceptors (Lipinski definition) is 3. The standard InChI is InChI=1S/C14H19ClO3/c1-9(15)14-11-8-13(17-3)12(16-2)7-10(11)5-4-6-18-14/h7-9,14H,4-6H2,1-3H3/t9?,14-/m0/s1. The van der Waals surface area contributed by atoms with E-state index in [-0.39, 0.29) is 11.5 Å². The summed E-state index contributed by atoms with van der Waals surface area (Å²) in [6.07, 6.45) is 1.90. The zero-order chi connectivity index (χ0) is 13.1. The minimum absolute atomic E-state index is 0.0695. The van der Waals surface area contributed by atoms with Crippen LogP contribution in [0.15, 0.2) is 12.1 Å². The molecule has 1 aromatic carbocycles. The second-order valence-electron chi connectivity index (χ2n) is 4.48. The van der Waals surface area contributed by atoms with E-state index in [2.05, 4.69) is 0 Å². The molecule has 0 aromatic heterocycles. The number of fused-ring (bicyclic) bond motifs is 1. The minimum Gasteiger partial charge on any atom is -0.493 e. The molecule has 1 aromatic rings. The number of rotatable bonds is 3. The van der Waals surface area contributed by atoms with Gasteiger partial charge in [0.15, 0.2) is 11.5 Å². The number of alkyl halides is 1. The summed E-state index contributed by atoms with van der Waals surface area (Å²) in [4.78, 5) is 0. The van der Waals surface area contributed by atoms with Crippen LogP contribution in [-0.2, 0) is 11.2 Å². The average Bonchev–Trinajstić information content (AvgIpc) is 2.58. The lowest BCUT2D eigenvalue weighted by Gasteiger charge is -2.21. The zero-order valence-electron chi connectivity index (χ0n) is 11.0. The third-order valence-electron chi connectivity index (χ3n) is 3.26. The summed E-state index contributed by atoms with van der Waals surface area (Å²) >= 11 is 6.23. The van der Waals surface area contributed by atoms with Crippen LogP contribution >= 0.6 is 11.6 Å². The van der Waals surface area contributed by atoms with Gasteiger partial charge in [-0.1, -0.05) is 0 Å². The van der Waals surface area contributed by atoms with Gasteiger partial charge in [-0.15, -0.1) is 11.6 Å². The average molecular weight is 271 g/mol. The molecule has 2 atom stereocenters. The topological polar surface area (TPSA) is 27.7 Å². The van der Waals surface area contributed by atoms with Gasteiger partial charge in [0, 0.05) is 6.61 Å². The monoisotopic (exact) mass is 270 g/mol. The summed E-state index contributed by atoms with van der Waals surface area (Å²) in [5, 5.41) is -0.0695. The molecular weight excluding hydrogens is 252 g/mol. The highest BCUT2D eigenvalue weighted by Gasteiger charge is 2.25. The first kappa shape index (κ1) is 13.5. The van der Waals surface area contributed by atoms with E-state index in [1.807, 2.05) is 19.1 Å². The smallest absolute Gasteiger partial charge is 0.161 e. The maximum absolute atomic E-state index is 6.23. The molecule has 1 heterocycles. The van der Waals surface area contributed by atoms with Crippen molar-refractivity contribution in [2.24, 2.45) is 0 Å². The molecule has 0 amide bonds. The van der Waals surface area contributed by atoms with Gasteiger partial charge in [0.25, 0.3) is 0 Å². The Bertz CT molecular complexity index is 418. The molecule has 4 heteroatoms. The molecule has 0 aliphatic carbocycles. The van der Waals surface area contributed by atoms with Gasteiger partial charge in [0.05, 0.1) is 25.7 Å². The van der Waals surface area contributed by atoms with Gasteiger partial charge in [-0.05, 0) is 43.0 Å². The summed E-state index contributed by atoms with van der Waals surface area (Å²) in [6, 6.07) is 4.03. The predicted molar refractivity (Wildman–Crippen MR) is 71.9 cm³/mol. The van der Waals surface area contributed by atoms with Crippen LogP contribution in [0, 0.1) is 0 Å². The van der Waals surface area contributed by atoms with Crippen LogP contribution in [0.1, 0.15) is 30.6 Å². The summed E-state index contributed by atoms with van der Waals surface area (Å²) < 4.78 is 16.5. The number of halogens is 1. The van der Waals surface area contributed by atoms with Crippen molar-refractivity contribution in [2.75, 3.05) is 20.8 Å². The van der Waals surface area contributed by atoms with E-state index in [0.29, 0.717) is 0 Å². The third kappa shape index (κ3) is 2.57. The maximum atomic E-state index is 6.23. The highest BCUT2D eigenvalue weighted by atomic mass is 35.5. The Morgan fingerprint density at radius 3 is 2.56 bits per heavy atom. The Balaban J connectivity index is 2.49. The molecule has 0 saturated carbocycles. The van der Waals surface area contributed by atoms with Crippen molar-refractivity contribution in [1.82, 2.24) is 0 Å². The molecule has 18 heavy (non-hydrogen) atoms. The van der Waals surface area contributed by atoms with E-state index in [1.54, 1.807) is 14.2 Å². The van der Waals surface area contributed by atoms with Crippen LogP contribution in [0.3, 0.4) is 0 Å². The summed E-state index contributed by atoms with van der Waals surface area (Å²) in [6.45, 7) is 2.69. The van der Waals surface area contributed by atoms with Gasteiger partial charge < -0.3 is 14.2 Å². The van der Waals surface area contributed by atoms with E-state index in [4.69, 9.17) is 25.8 Å². The molecule has 100 valence electrons. The number of ether oxygens (including phenoxy) is 3. The first-order valence-electron chi connectivity index (χ1n) is 6.17. The molecular formula is C14H19ClO3. The first-order chi connectivity index (χ1) is 8.67. The second-order valence-corrected chi connectivity index (χ2v) is 5.17. The molecule has 1 aliphatic heterocycles. The van der Waals surface area contributed by atoms with E-state index in [0.717, 1.165) is 36.5 Å². The Hall–Kier alpha value is -0.930. The van der Waals surface area contributed by atoms with E-state index < -0.39 is 0 Å². The van der Waals surface area contributed by atoms with Crippen molar-refractivity contribution in [2.45, 2.75) is 31.2 Å². The molecule has 1 aliphatic rings. The van der Waals surface area contributed by atoms with Gasteiger partial charge in [-0.3, -0.25) is 0 Å². The molecule has 2 rings (SSSR count). The normalized spacial score (nSPS) is 20.8. The highest BCUT2D eigenvalue weighted by Crippen LogP contribution is 2.38. The quantitative estimate of drug-likeness (QED) is 0.789. The second kappa shape index (κ2) is 5.81. The summed E-state index contributed by atoms with van der Waals surface area (Å²) in [5.74, 6) is 1.49. The number of hydrogen-bond donors (Lipinski definition) is 0. The molecule has 0 fully saturated rings. The fourth-order valence-electron chi connectivity index (χ4n) is 2.36. The van der Waals surface area contributed by atoms with E-state index in [1.165, 1.54) is 5.56 Å². The van der Waals surface area contributed by atoms with Crippen molar-refractivity contribution >= 4 is 11.6 Å². The largest absolute Gasteiger partial charge is 0.493 e. The molecule has 0 N–H and O–H groups in total. The molecule has 0 bridgehead atoms. The van der Waals surface area contributed by atoms with Gasteiger partial charge in [0.2, 0.25) is 0 Å². The van der Waals surface area contributed by atoms with Crippen LogP contribution < -0.4 is 9.47 Å². The van der Waals surface area contributed by atoms with Crippen LogP contribution in [0.2, 0.25) is 0 Å². The van der Waals surface area contributed by atoms with Crippen molar-refractivity contribution in [1.29, 1.82) is 0 Å². The van der Waals surface area contributed by atoms with E-state index in [9.17, 15) is 0 Å². The fraction of sp³-hybridized carbons (Fsp3) is 0.571. The SMILES string of the molecule is COc1cc2c(cc1OC)[C@H](C(C)Cl)OCCC2. The number of benzene rings is 1. The molecule has 0 spiro atoms. The maximum Gasteiger partial charge on any atom is 0.161 e. The predicted octanol–water partition coefficient (Wildman–Crippen LogP) is 3.34. The lowest BCUT2D eigenvalue weighted by molar-refractivity contribution is 0.0564. The highest BCUT2D eigenvalue weighted by molar-refractivity contribution is 6.20. The molecule has 1 unspecified atom stereocenters. The lowest BCUT2D eigenvalue weighted by Crippen LogP contribution is -2.14. The first-order valence-corrected chi connectivity index (χ1v) is 6.61. The fourth-order valence-corrected chi connectivity index (χ4v) is 2.57. The van der Waals surface area contributed by atoms with Gasteiger partial charge in [0.1, 0.15) is 0 Å². The Morgan fingerprint density at radius 1 is 1.28 bits per heavy atom. The van der Waals surface area contributed by atoms with Crippen LogP contribution in [-0.4, -0.2) is 26.2 Å². The van der Waals surface area contributed by atoms with Gasteiger partial charge >= 0.3 is 0 Å². The van der Waals surface area contributed by atoms with Crippen LogP contribution in [0.25, 0.3) is 0 Å². The van der Waals surface area contributed by atoms with Crippen LogP contribution in [0.4, 0.5) is 0 Å². The van der Waals surface area contributed by atoms with Crippen molar-refractivity contribution in [3.63, 3.8) is 0 Å². The van der Waals surface area contributed by atoms with Crippen molar-refractivity contribution < 1.29 is 14.2 Å². The summed E-state index contributed by atoms with van der Waals surface area (Å²) in [5.41, 5.74) is 2.36. The van der Waals surface area contributed by atoms with Gasteiger partial charge in [-0.25, -0.2) is 0 Å². The molecule has 0 radical (unpaired) electrons. The van der Waals surface area contributed by atoms with Gasteiger partial charge in [-0.2, -0.15) is 0 Å². The number of aryl methyl sites for hydroxylation is 1. The van der Waals surface area contributed by atoms with Crippen molar-refractivity contribution in [3.05, 3.63) is 23.3 Å². The number of methoxy groups -OCH3 is 2. The molecule has 3 nitrogen and oxygen atoms in total. The Labute approximate surface area is 113 Å². The van der Waals surface area contributed by atoms with Crippen LogP contribution in [0.5, 0.6) is 11.5 Å².